The number of fused-ring (bicyclic) bond motifs is 1. The van der Waals surface area contributed by atoms with Crippen molar-refractivity contribution in [1.82, 2.24) is 15.3 Å². The van der Waals surface area contributed by atoms with Crippen molar-refractivity contribution in [3.8, 4) is 11.3 Å². The highest BCUT2D eigenvalue weighted by atomic mass is 19.1. The molecule has 4 nitrogen and oxygen atoms in total. The lowest BCUT2D eigenvalue weighted by Gasteiger charge is -2.34. The second-order valence-electron chi connectivity index (χ2n) is 6.26. The smallest absolute Gasteiger partial charge is 0.226 e. The fraction of sp³-hybridized carbons (Fsp3) is 0.263. The molecule has 0 bridgehead atoms. The Balaban J connectivity index is 1.92. The molecule has 1 N–H and O–H groups in total. The maximum atomic E-state index is 14.4. The number of hydrogen-bond acceptors (Lipinski definition) is 4. The summed E-state index contributed by atoms with van der Waals surface area (Å²) < 4.78 is 27.7. The van der Waals surface area contributed by atoms with Crippen LogP contribution in [0.4, 0.5) is 14.7 Å². The summed E-state index contributed by atoms with van der Waals surface area (Å²) >= 11 is 0. The molecule has 0 radical (unpaired) electrons. The number of aromatic nitrogens is 2. The third kappa shape index (κ3) is 2.93. The number of halogens is 2. The van der Waals surface area contributed by atoms with Crippen molar-refractivity contribution in [2.24, 2.45) is 0 Å². The Labute approximate surface area is 144 Å². The summed E-state index contributed by atoms with van der Waals surface area (Å²) in [7, 11) is 0. The molecular formula is C19H18F2N4. The Morgan fingerprint density at radius 1 is 1.12 bits per heavy atom. The van der Waals surface area contributed by atoms with E-state index in [0.717, 1.165) is 36.6 Å². The van der Waals surface area contributed by atoms with Gasteiger partial charge in [0.25, 0.3) is 0 Å². The predicted molar refractivity (Wildman–Crippen MR) is 94.6 cm³/mol. The molecule has 2 heterocycles. The second kappa shape index (κ2) is 6.37. The van der Waals surface area contributed by atoms with Gasteiger partial charge in [-0.25, -0.2) is 18.7 Å². The SMILES string of the molecule is CC1CNCCN1c1nc(-c2ccc(F)cc2F)c2ccccc2n1. The van der Waals surface area contributed by atoms with E-state index in [1.54, 1.807) is 0 Å². The Kier molecular flexibility index (Phi) is 4.05. The van der Waals surface area contributed by atoms with Crippen LogP contribution >= 0.6 is 0 Å². The van der Waals surface area contributed by atoms with Crippen molar-refractivity contribution < 1.29 is 8.78 Å². The van der Waals surface area contributed by atoms with E-state index in [2.05, 4.69) is 27.1 Å². The van der Waals surface area contributed by atoms with E-state index >= 15 is 0 Å². The number of benzene rings is 2. The van der Waals surface area contributed by atoms with Gasteiger partial charge in [-0.3, -0.25) is 0 Å². The molecule has 1 aliphatic rings. The fourth-order valence-corrected chi connectivity index (χ4v) is 3.22. The molecule has 1 unspecified atom stereocenters. The predicted octanol–water partition coefficient (Wildman–Crippen LogP) is 3.37. The first kappa shape index (κ1) is 15.9. The summed E-state index contributed by atoms with van der Waals surface area (Å²) in [6.07, 6.45) is 0. The molecule has 25 heavy (non-hydrogen) atoms. The van der Waals surface area contributed by atoms with Gasteiger partial charge in [-0.05, 0) is 25.1 Å². The molecule has 4 rings (SSSR count). The van der Waals surface area contributed by atoms with Crippen LogP contribution in [-0.2, 0) is 0 Å². The minimum Gasteiger partial charge on any atom is -0.336 e. The quantitative estimate of drug-likeness (QED) is 0.777. The van der Waals surface area contributed by atoms with Gasteiger partial charge in [-0.2, -0.15) is 0 Å². The summed E-state index contributed by atoms with van der Waals surface area (Å²) in [5.74, 6) is -0.648. The summed E-state index contributed by atoms with van der Waals surface area (Å²) in [6, 6.07) is 11.3. The van der Waals surface area contributed by atoms with Crippen molar-refractivity contribution in [1.29, 1.82) is 0 Å². The van der Waals surface area contributed by atoms with Gasteiger partial charge in [0.1, 0.15) is 11.6 Å². The normalized spacial score (nSPS) is 17.9. The standard InChI is InChI=1S/C19H18F2N4/c1-12-11-22-8-9-25(12)19-23-17-5-3-2-4-15(17)18(24-19)14-7-6-13(20)10-16(14)21/h2-7,10,12,22H,8-9,11H2,1H3. The maximum absolute atomic E-state index is 14.4. The van der Waals surface area contributed by atoms with Crippen molar-refractivity contribution >= 4 is 16.9 Å². The van der Waals surface area contributed by atoms with E-state index < -0.39 is 11.6 Å². The van der Waals surface area contributed by atoms with Gasteiger partial charge in [-0.15, -0.1) is 0 Å². The summed E-state index contributed by atoms with van der Waals surface area (Å²) in [4.78, 5) is 11.5. The zero-order valence-electron chi connectivity index (χ0n) is 13.8. The number of rotatable bonds is 2. The molecule has 1 saturated heterocycles. The zero-order chi connectivity index (χ0) is 17.4. The van der Waals surface area contributed by atoms with E-state index in [4.69, 9.17) is 0 Å². The van der Waals surface area contributed by atoms with Crippen LogP contribution in [0.2, 0.25) is 0 Å². The highest BCUT2D eigenvalue weighted by molar-refractivity contribution is 5.93. The van der Waals surface area contributed by atoms with Crippen LogP contribution in [0.1, 0.15) is 6.92 Å². The molecule has 0 amide bonds. The molecule has 1 atom stereocenters. The lowest BCUT2D eigenvalue weighted by molar-refractivity contribution is 0.493. The van der Waals surface area contributed by atoms with Crippen molar-refractivity contribution in [3.05, 3.63) is 54.1 Å². The average Bonchev–Trinajstić information content (AvgIpc) is 2.61. The van der Waals surface area contributed by atoms with Crippen LogP contribution in [0.25, 0.3) is 22.2 Å². The minimum atomic E-state index is -0.622. The third-order valence-corrected chi connectivity index (χ3v) is 4.54. The molecule has 128 valence electrons. The topological polar surface area (TPSA) is 41.0 Å². The monoisotopic (exact) mass is 340 g/mol. The van der Waals surface area contributed by atoms with Gasteiger partial charge < -0.3 is 10.2 Å². The number of nitrogens with one attached hydrogen (secondary N) is 1. The number of para-hydroxylation sites is 1. The van der Waals surface area contributed by atoms with E-state index in [1.165, 1.54) is 12.1 Å². The number of anilines is 1. The highest BCUT2D eigenvalue weighted by Crippen LogP contribution is 2.30. The van der Waals surface area contributed by atoms with Crippen LogP contribution in [0, 0.1) is 11.6 Å². The summed E-state index contributed by atoms with van der Waals surface area (Å²) in [6.45, 7) is 4.57. The zero-order valence-corrected chi connectivity index (χ0v) is 13.8. The molecule has 1 fully saturated rings. The maximum Gasteiger partial charge on any atom is 0.226 e. The Bertz CT molecular complexity index is 928. The highest BCUT2D eigenvalue weighted by Gasteiger charge is 2.23. The molecule has 0 aliphatic carbocycles. The first-order chi connectivity index (χ1) is 12.1. The summed E-state index contributed by atoms with van der Waals surface area (Å²) in [5.41, 5.74) is 1.52. The van der Waals surface area contributed by atoms with Gasteiger partial charge in [0.15, 0.2) is 0 Å². The second-order valence-corrected chi connectivity index (χ2v) is 6.26. The molecular weight excluding hydrogens is 322 g/mol. The third-order valence-electron chi connectivity index (χ3n) is 4.54. The lowest BCUT2D eigenvalue weighted by Crippen LogP contribution is -2.50. The van der Waals surface area contributed by atoms with Crippen LogP contribution in [-0.4, -0.2) is 35.6 Å². The van der Waals surface area contributed by atoms with E-state index in [-0.39, 0.29) is 11.6 Å². The van der Waals surface area contributed by atoms with Gasteiger partial charge in [0.2, 0.25) is 5.95 Å². The van der Waals surface area contributed by atoms with Crippen molar-refractivity contribution in [2.75, 3.05) is 24.5 Å². The Morgan fingerprint density at radius 2 is 1.96 bits per heavy atom. The van der Waals surface area contributed by atoms with Crippen LogP contribution in [0.3, 0.4) is 0 Å². The Hall–Kier alpha value is -2.60. The number of hydrogen-bond donors (Lipinski definition) is 1. The van der Waals surface area contributed by atoms with Crippen LogP contribution < -0.4 is 10.2 Å². The molecule has 0 saturated carbocycles. The van der Waals surface area contributed by atoms with Crippen molar-refractivity contribution in [3.63, 3.8) is 0 Å². The molecule has 1 aliphatic heterocycles. The van der Waals surface area contributed by atoms with Gasteiger partial charge >= 0.3 is 0 Å². The largest absolute Gasteiger partial charge is 0.336 e. The van der Waals surface area contributed by atoms with E-state index in [0.29, 0.717) is 11.6 Å². The first-order valence-electron chi connectivity index (χ1n) is 8.33. The Morgan fingerprint density at radius 3 is 2.76 bits per heavy atom. The summed E-state index contributed by atoms with van der Waals surface area (Å²) in [5, 5.41) is 4.08. The van der Waals surface area contributed by atoms with Crippen LogP contribution in [0.15, 0.2) is 42.5 Å². The molecule has 3 aromatic rings. The van der Waals surface area contributed by atoms with Gasteiger partial charge in [0.05, 0.1) is 11.2 Å². The van der Waals surface area contributed by atoms with Crippen molar-refractivity contribution in [2.45, 2.75) is 13.0 Å². The number of piperazine rings is 1. The minimum absolute atomic E-state index is 0.237. The molecule has 1 aromatic heterocycles. The van der Waals surface area contributed by atoms with Gasteiger partial charge in [-0.1, -0.05) is 18.2 Å². The van der Waals surface area contributed by atoms with E-state index in [1.807, 2.05) is 24.3 Å². The van der Waals surface area contributed by atoms with Crippen LogP contribution in [0.5, 0.6) is 0 Å². The molecule has 0 spiro atoms. The lowest BCUT2D eigenvalue weighted by atomic mass is 10.1. The fourth-order valence-electron chi connectivity index (χ4n) is 3.22. The number of nitrogens with zero attached hydrogens (tertiary/aromatic N) is 3. The average molecular weight is 340 g/mol. The molecule has 2 aromatic carbocycles. The van der Waals surface area contributed by atoms with Gasteiger partial charge in [0, 0.05) is 42.7 Å². The molecule has 6 heteroatoms. The van der Waals surface area contributed by atoms with E-state index in [9.17, 15) is 8.78 Å². The first-order valence-corrected chi connectivity index (χ1v) is 8.33.